The first kappa shape index (κ1) is 10.1. The second-order valence-electron chi connectivity index (χ2n) is 0.247. The van der Waals surface area contributed by atoms with Crippen LogP contribution >= 0.6 is 33.2 Å². The molecule has 0 aromatic heterocycles. The van der Waals surface area contributed by atoms with Crippen LogP contribution in [0, 0.1) is 7.18 Å². The zero-order chi connectivity index (χ0) is 5.58. The highest BCUT2D eigenvalue weighted by Gasteiger charge is 1.85. The Bertz CT molecular complexity index is 15.5. The maximum absolute atomic E-state index is 8.75. The molecule has 0 fully saturated rings. The molecule has 0 rings (SSSR count). The summed E-state index contributed by atoms with van der Waals surface area (Å²) in [6.07, 6.45) is 0. The third kappa shape index (κ3) is 78.3. The van der Waals surface area contributed by atoms with Crippen molar-refractivity contribution in [3.8, 4) is 0 Å². The number of rotatable bonds is 0. The molecule has 0 N–H and O–H groups in total. The molecule has 37 valence electrons. The number of halogens is 4. The van der Waals surface area contributed by atoms with Crippen LogP contribution < -0.4 is 0 Å². The van der Waals surface area contributed by atoms with E-state index < -0.39 is 6.73 Å². The van der Waals surface area contributed by atoms with Crippen molar-refractivity contribution >= 4 is 40.0 Å². The highest BCUT2D eigenvalue weighted by atomic mass is 35.8. The van der Waals surface area contributed by atoms with Gasteiger partial charge in [-0.15, -0.1) is 33.2 Å². The van der Waals surface area contributed by atoms with Crippen LogP contribution in [0.25, 0.3) is 0 Å². The smallest absolute Gasteiger partial charge is 0.232 e. The maximum Gasteiger partial charge on any atom is 0.326 e. The Morgan fingerprint density at radius 3 is 1.17 bits per heavy atom. The van der Waals surface area contributed by atoms with E-state index in [9.17, 15) is 0 Å². The average Bonchev–Trinajstić information content (AvgIpc) is 1.41. The van der Waals surface area contributed by atoms with Crippen LogP contribution in [0.2, 0.25) is 0 Å². The van der Waals surface area contributed by atoms with Gasteiger partial charge in [-0.05, 0) is 0 Å². The fraction of sp³-hybridized carbons (Fsp3) is 0. The van der Waals surface area contributed by atoms with Crippen molar-refractivity contribution in [3.63, 3.8) is 0 Å². The zero-order valence-electron chi connectivity index (χ0n) is 2.59. The van der Waals surface area contributed by atoms with Crippen LogP contribution in [0.15, 0.2) is 0 Å². The van der Waals surface area contributed by atoms with Gasteiger partial charge in [-0.25, -0.2) is 4.39 Å². The van der Waals surface area contributed by atoms with Crippen molar-refractivity contribution in [2.24, 2.45) is 0 Å². The van der Waals surface area contributed by atoms with Crippen LogP contribution in [-0.4, -0.2) is 6.73 Å². The van der Waals surface area contributed by atoms with Crippen molar-refractivity contribution in [2.45, 2.75) is 0 Å². The Labute approximate surface area is 51.9 Å². The van der Waals surface area contributed by atoms with E-state index in [1.807, 2.05) is 0 Å². The molecule has 0 atom stereocenters. The summed E-state index contributed by atoms with van der Waals surface area (Å²) in [5, 5.41) is 0. The lowest BCUT2D eigenvalue weighted by Crippen LogP contribution is -1.66. The van der Waals surface area contributed by atoms with Crippen molar-refractivity contribution in [3.05, 3.63) is 7.18 Å². The van der Waals surface area contributed by atoms with Gasteiger partial charge < -0.3 is 0 Å². The van der Waals surface area contributed by atoms with Crippen molar-refractivity contribution in [1.82, 2.24) is 0 Å². The predicted molar refractivity (Wildman–Crippen MR) is 29.1 cm³/mol. The average molecular weight is 166 g/mol. The standard InChI is InChI=1S/CF.Cl3HSi/c1-2;1-4(2)3/h;4H. The lowest BCUT2D eigenvalue weighted by Gasteiger charge is -1.65. The van der Waals surface area contributed by atoms with E-state index in [-0.39, 0.29) is 0 Å². The summed E-state index contributed by atoms with van der Waals surface area (Å²) in [4.78, 5) is 0. The predicted octanol–water partition coefficient (Wildman–Crippen LogP) is 1.92. The monoisotopic (exact) mass is 165 g/mol. The molecule has 0 amide bonds. The molecule has 0 aromatic carbocycles. The molecule has 0 aromatic rings. The van der Waals surface area contributed by atoms with Crippen molar-refractivity contribution < 1.29 is 4.39 Å². The van der Waals surface area contributed by atoms with E-state index in [0.29, 0.717) is 0 Å². The summed E-state index contributed by atoms with van der Waals surface area (Å²) >= 11 is 14.8. The molecular formula is CHCl3FSi. The molecule has 6 heavy (non-hydrogen) atoms. The summed E-state index contributed by atoms with van der Waals surface area (Å²) in [5.74, 6) is 0. The van der Waals surface area contributed by atoms with E-state index in [1.54, 1.807) is 0 Å². The summed E-state index contributed by atoms with van der Waals surface area (Å²) in [5.41, 5.74) is 0. The van der Waals surface area contributed by atoms with E-state index >= 15 is 0 Å². The Kier molecular flexibility index (Phi) is 15.8. The molecule has 3 radical (unpaired) electrons. The summed E-state index contributed by atoms with van der Waals surface area (Å²) in [6.45, 7) is -1.72. The second-order valence-corrected chi connectivity index (χ2v) is 6.68. The van der Waals surface area contributed by atoms with E-state index in [1.165, 1.54) is 0 Å². The number of hydrogen-bond acceptors (Lipinski definition) is 0. The summed E-state index contributed by atoms with van der Waals surface area (Å²) in [7, 11) is 4.25. The van der Waals surface area contributed by atoms with Crippen molar-refractivity contribution in [1.29, 1.82) is 0 Å². The highest BCUT2D eigenvalue weighted by molar-refractivity contribution is 7.54. The van der Waals surface area contributed by atoms with E-state index in [2.05, 4.69) is 7.18 Å². The minimum absolute atomic E-state index is 1.72. The molecule has 0 aliphatic carbocycles. The van der Waals surface area contributed by atoms with Gasteiger partial charge in [0.05, 0.1) is 0 Å². The van der Waals surface area contributed by atoms with Gasteiger partial charge in [-0.1, -0.05) is 0 Å². The van der Waals surface area contributed by atoms with Crippen LogP contribution in [0.3, 0.4) is 0 Å². The SMILES string of the molecule is Cl[SiH](Cl)Cl.[C]F. The first-order chi connectivity index (χ1) is 2.73. The lowest BCUT2D eigenvalue weighted by atomic mass is 11.9. The van der Waals surface area contributed by atoms with Gasteiger partial charge >= 0.3 is 6.73 Å². The fourth-order valence-electron chi connectivity index (χ4n) is 0. The fourth-order valence-corrected chi connectivity index (χ4v) is 0. The molecular weight excluding hydrogens is 165 g/mol. The van der Waals surface area contributed by atoms with Crippen LogP contribution in [-0.2, 0) is 0 Å². The van der Waals surface area contributed by atoms with Crippen LogP contribution in [0.1, 0.15) is 0 Å². The van der Waals surface area contributed by atoms with Gasteiger partial charge in [0.25, 0.3) is 0 Å². The summed E-state index contributed by atoms with van der Waals surface area (Å²) < 4.78 is 8.75. The first-order valence-electron chi connectivity index (χ1n) is 0.844. The van der Waals surface area contributed by atoms with Gasteiger partial charge in [-0.2, -0.15) is 0 Å². The molecule has 0 heterocycles. The number of hydrogen-bond donors (Lipinski definition) is 0. The lowest BCUT2D eigenvalue weighted by molar-refractivity contribution is 0.713. The molecule has 0 bridgehead atoms. The maximum atomic E-state index is 8.75. The Morgan fingerprint density at radius 2 is 1.17 bits per heavy atom. The molecule has 0 saturated heterocycles. The minimum Gasteiger partial charge on any atom is -0.232 e. The largest absolute Gasteiger partial charge is 0.326 e. The van der Waals surface area contributed by atoms with E-state index in [4.69, 9.17) is 37.6 Å². The molecule has 0 nitrogen and oxygen atoms in total. The van der Waals surface area contributed by atoms with Crippen LogP contribution in [0.4, 0.5) is 4.39 Å². The molecule has 5 heteroatoms. The zero-order valence-corrected chi connectivity index (χ0v) is 6.01. The van der Waals surface area contributed by atoms with Gasteiger partial charge in [-0.3, -0.25) is 0 Å². The highest BCUT2D eigenvalue weighted by Crippen LogP contribution is 1.97. The minimum atomic E-state index is -1.72. The third-order valence-electron chi connectivity index (χ3n) is 0. The molecule has 0 aliphatic heterocycles. The van der Waals surface area contributed by atoms with E-state index in [0.717, 1.165) is 0 Å². The molecule has 0 aliphatic rings. The normalized spacial score (nSPS) is 7.00. The van der Waals surface area contributed by atoms with Gasteiger partial charge in [0, 0.05) is 0 Å². The van der Waals surface area contributed by atoms with Crippen LogP contribution in [0.5, 0.6) is 0 Å². The van der Waals surface area contributed by atoms with Gasteiger partial charge in [0.15, 0.2) is 0 Å². The Morgan fingerprint density at radius 1 is 1.17 bits per heavy atom. The third-order valence-corrected chi connectivity index (χ3v) is 0. The summed E-state index contributed by atoms with van der Waals surface area (Å²) in [6, 6.07) is 0. The Balaban J connectivity index is 0. The Hall–Kier alpha value is 1.02. The van der Waals surface area contributed by atoms with Gasteiger partial charge in [0.2, 0.25) is 7.18 Å². The topological polar surface area (TPSA) is 0 Å². The van der Waals surface area contributed by atoms with Gasteiger partial charge in [0.1, 0.15) is 0 Å². The second kappa shape index (κ2) is 9.39. The molecule has 0 unspecified atom stereocenters. The first-order valence-corrected chi connectivity index (χ1v) is 6.08. The molecule has 0 spiro atoms. The quantitative estimate of drug-likeness (QED) is 0.381. The molecule has 0 saturated carbocycles. The van der Waals surface area contributed by atoms with Crippen molar-refractivity contribution in [2.75, 3.05) is 0 Å².